The van der Waals surface area contributed by atoms with Crippen molar-refractivity contribution in [1.82, 2.24) is 0 Å². The molecular weight excluding hydrogens is 168 g/mol. The molecule has 0 aromatic carbocycles. The normalized spacial score (nSPS) is 26.1. The topological polar surface area (TPSA) is 43.4 Å². The molecule has 0 spiro atoms. The van der Waals surface area contributed by atoms with Gasteiger partial charge >= 0.3 is 5.97 Å². The summed E-state index contributed by atoms with van der Waals surface area (Å²) in [5.41, 5.74) is -0.0364. The van der Waals surface area contributed by atoms with E-state index in [2.05, 4.69) is 4.74 Å². The van der Waals surface area contributed by atoms with Gasteiger partial charge in [0.15, 0.2) is 0 Å². The van der Waals surface area contributed by atoms with Crippen molar-refractivity contribution in [3.05, 3.63) is 0 Å². The summed E-state index contributed by atoms with van der Waals surface area (Å²) in [6.07, 6.45) is 1.49. The van der Waals surface area contributed by atoms with Gasteiger partial charge in [-0.3, -0.25) is 9.59 Å². The third kappa shape index (κ3) is 2.29. The van der Waals surface area contributed by atoms with E-state index in [1.807, 2.05) is 13.8 Å². The Morgan fingerprint density at radius 1 is 1.62 bits per heavy atom. The highest BCUT2D eigenvalue weighted by Crippen LogP contribution is 2.42. The molecule has 1 saturated carbocycles. The summed E-state index contributed by atoms with van der Waals surface area (Å²) in [5.74, 6) is 0.208. The van der Waals surface area contributed by atoms with Crippen molar-refractivity contribution in [2.24, 2.45) is 11.3 Å². The molecule has 0 aromatic heterocycles. The van der Waals surface area contributed by atoms with Gasteiger partial charge in [0, 0.05) is 19.3 Å². The maximum Gasteiger partial charge on any atom is 0.305 e. The Bertz CT molecular complexity index is 230. The summed E-state index contributed by atoms with van der Waals surface area (Å²) < 4.78 is 4.59. The van der Waals surface area contributed by atoms with Crippen LogP contribution in [0.5, 0.6) is 0 Å². The van der Waals surface area contributed by atoms with Crippen molar-refractivity contribution >= 4 is 11.8 Å². The van der Waals surface area contributed by atoms with Crippen LogP contribution in [0, 0.1) is 11.3 Å². The molecule has 74 valence electrons. The van der Waals surface area contributed by atoms with Gasteiger partial charge in [0.25, 0.3) is 0 Å². The second-order valence-corrected chi connectivity index (χ2v) is 4.39. The number of carbonyl (C=O) groups excluding carboxylic acids is 2. The molecule has 0 amide bonds. The standard InChI is InChI=1S/C10H16O3/c1-10(2)6-8(11)4-7(10)5-9(12)13-3/h7H,4-6H2,1-3H3/t7-/m1/s1. The SMILES string of the molecule is COC(=O)C[C@H]1CC(=O)CC1(C)C. The Balaban J connectivity index is 2.60. The molecule has 1 atom stereocenters. The monoisotopic (exact) mass is 184 g/mol. The largest absolute Gasteiger partial charge is 0.469 e. The van der Waals surface area contributed by atoms with Gasteiger partial charge in [-0.25, -0.2) is 0 Å². The maximum atomic E-state index is 11.2. The number of Topliss-reactive ketones (excluding diaryl/α,β-unsaturated/α-hetero) is 1. The van der Waals surface area contributed by atoms with Crippen LogP contribution in [0.25, 0.3) is 0 Å². The first-order valence-electron chi connectivity index (χ1n) is 4.54. The summed E-state index contributed by atoms with van der Waals surface area (Å²) in [4.78, 5) is 22.2. The lowest BCUT2D eigenvalue weighted by molar-refractivity contribution is -0.142. The maximum absolute atomic E-state index is 11.2. The van der Waals surface area contributed by atoms with E-state index >= 15 is 0 Å². The van der Waals surface area contributed by atoms with Gasteiger partial charge in [0.1, 0.15) is 5.78 Å². The highest BCUT2D eigenvalue weighted by atomic mass is 16.5. The van der Waals surface area contributed by atoms with Crippen LogP contribution in [0.2, 0.25) is 0 Å². The predicted molar refractivity (Wildman–Crippen MR) is 48.1 cm³/mol. The van der Waals surface area contributed by atoms with Gasteiger partial charge in [-0.05, 0) is 11.3 Å². The summed E-state index contributed by atoms with van der Waals surface area (Å²) >= 11 is 0. The second kappa shape index (κ2) is 3.48. The Labute approximate surface area is 78.5 Å². The molecule has 1 fully saturated rings. The van der Waals surface area contributed by atoms with E-state index < -0.39 is 0 Å². The van der Waals surface area contributed by atoms with Crippen LogP contribution >= 0.6 is 0 Å². The highest BCUT2D eigenvalue weighted by molar-refractivity contribution is 5.83. The molecule has 0 aliphatic heterocycles. The number of esters is 1. The zero-order valence-electron chi connectivity index (χ0n) is 8.42. The van der Waals surface area contributed by atoms with Crippen molar-refractivity contribution in [1.29, 1.82) is 0 Å². The fourth-order valence-electron chi connectivity index (χ4n) is 1.91. The average molecular weight is 184 g/mol. The molecular formula is C10H16O3. The highest BCUT2D eigenvalue weighted by Gasteiger charge is 2.40. The molecule has 0 unspecified atom stereocenters. The Morgan fingerprint density at radius 3 is 2.62 bits per heavy atom. The van der Waals surface area contributed by atoms with Crippen LogP contribution in [0.15, 0.2) is 0 Å². The van der Waals surface area contributed by atoms with Gasteiger partial charge in [-0.15, -0.1) is 0 Å². The van der Waals surface area contributed by atoms with E-state index in [-0.39, 0.29) is 23.1 Å². The first kappa shape index (κ1) is 10.2. The van der Waals surface area contributed by atoms with Crippen LogP contribution in [0.1, 0.15) is 33.1 Å². The molecule has 0 heterocycles. The van der Waals surface area contributed by atoms with Crippen LogP contribution in [-0.2, 0) is 14.3 Å². The molecule has 1 aliphatic carbocycles. The lowest BCUT2D eigenvalue weighted by Crippen LogP contribution is -2.21. The van der Waals surface area contributed by atoms with E-state index in [0.717, 1.165) is 0 Å². The lowest BCUT2D eigenvalue weighted by Gasteiger charge is -2.24. The minimum absolute atomic E-state index is 0.0364. The lowest BCUT2D eigenvalue weighted by atomic mass is 9.80. The number of carbonyl (C=O) groups is 2. The number of methoxy groups -OCH3 is 1. The molecule has 0 saturated heterocycles. The van der Waals surface area contributed by atoms with Crippen molar-refractivity contribution in [3.63, 3.8) is 0 Å². The van der Waals surface area contributed by atoms with Crippen molar-refractivity contribution in [2.75, 3.05) is 7.11 Å². The molecule has 3 nitrogen and oxygen atoms in total. The van der Waals surface area contributed by atoms with Crippen LogP contribution in [-0.4, -0.2) is 18.9 Å². The molecule has 0 N–H and O–H groups in total. The minimum Gasteiger partial charge on any atom is -0.469 e. The molecule has 1 rings (SSSR count). The Morgan fingerprint density at radius 2 is 2.23 bits per heavy atom. The quantitative estimate of drug-likeness (QED) is 0.611. The zero-order valence-corrected chi connectivity index (χ0v) is 8.42. The number of hydrogen-bond acceptors (Lipinski definition) is 3. The summed E-state index contributed by atoms with van der Waals surface area (Å²) in [6.45, 7) is 4.07. The first-order chi connectivity index (χ1) is 5.95. The summed E-state index contributed by atoms with van der Waals surface area (Å²) in [6, 6.07) is 0. The van der Waals surface area contributed by atoms with E-state index in [0.29, 0.717) is 19.3 Å². The van der Waals surface area contributed by atoms with Crippen molar-refractivity contribution < 1.29 is 14.3 Å². The number of ether oxygens (including phenoxy) is 1. The van der Waals surface area contributed by atoms with Gasteiger partial charge in [-0.1, -0.05) is 13.8 Å². The Kier molecular flexibility index (Phi) is 2.74. The van der Waals surface area contributed by atoms with E-state index in [9.17, 15) is 9.59 Å². The van der Waals surface area contributed by atoms with E-state index in [1.54, 1.807) is 0 Å². The number of ketones is 1. The fourth-order valence-corrected chi connectivity index (χ4v) is 1.91. The molecule has 13 heavy (non-hydrogen) atoms. The van der Waals surface area contributed by atoms with Crippen LogP contribution in [0.3, 0.4) is 0 Å². The van der Waals surface area contributed by atoms with Crippen LogP contribution in [0.4, 0.5) is 0 Å². The van der Waals surface area contributed by atoms with Gasteiger partial charge < -0.3 is 4.74 Å². The summed E-state index contributed by atoms with van der Waals surface area (Å²) in [7, 11) is 1.38. The van der Waals surface area contributed by atoms with Gasteiger partial charge in [0.2, 0.25) is 0 Å². The molecule has 1 aliphatic rings. The van der Waals surface area contributed by atoms with Gasteiger partial charge in [-0.2, -0.15) is 0 Å². The smallest absolute Gasteiger partial charge is 0.305 e. The Hall–Kier alpha value is -0.860. The van der Waals surface area contributed by atoms with Crippen molar-refractivity contribution in [2.45, 2.75) is 33.1 Å². The fraction of sp³-hybridized carbons (Fsp3) is 0.800. The van der Waals surface area contributed by atoms with E-state index in [4.69, 9.17) is 0 Å². The predicted octanol–water partition coefficient (Wildman–Crippen LogP) is 1.55. The van der Waals surface area contributed by atoms with Crippen LogP contribution < -0.4 is 0 Å². The number of hydrogen-bond donors (Lipinski definition) is 0. The molecule has 0 radical (unpaired) electrons. The first-order valence-corrected chi connectivity index (χ1v) is 4.54. The average Bonchev–Trinajstić information content (AvgIpc) is 2.24. The molecule has 3 heteroatoms. The minimum atomic E-state index is -0.215. The number of rotatable bonds is 2. The molecule has 0 aromatic rings. The van der Waals surface area contributed by atoms with Crippen molar-refractivity contribution in [3.8, 4) is 0 Å². The van der Waals surface area contributed by atoms with E-state index in [1.165, 1.54) is 7.11 Å². The third-order valence-corrected chi connectivity index (χ3v) is 2.87. The zero-order chi connectivity index (χ0) is 10.1. The third-order valence-electron chi connectivity index (χ3n) is 2.87. The summed E-state index contributed by atoms with van der Waals surface area (Å²) in [5, 5.41) is 0. The van der Waals surface area contributed by atoms with Gasteiger partial charge in [0.05, 0.1) is 7.11 Å². The molecule has 0 bridgehead atoms. The second-order valence-electron chi connectivity index (χ2n) is 4.39.